The summed E-state index contributed by atoms with van der Waals surface area (Å²) in [7, 11) is 0. The predicted molar refractivity (Wildman–Crippen MR) is 75.7 cm³/mol. The Hall–Kier alpha value is 0.250. The summed E-state index contributed by atoms with van der Waals surface area (Å²) < 4.78 is 5.50. The van der Waals surface area contributed by atoms with Crippen molar-refractivity contribution in [1.29, 1.82) is 0 Å². The summed E-state index contributed by atoms with van der Waals surface area (Å²) in [4.78, 5) is 0. The molecule has 1 aliphatic rings. The molecule has 1 nitrogen and oxygen atoms in total. The molecule has 1 aliphatic carbocycles. The first-order chi connectivity index (χ1) is 8.26. The van der Waals surface area contributed by atoms with Gasteiger partial charge in [-0.15, -0.1) is 11.6 Å². The Morgan fingerprint density at radius 3 is 2.47 bits per heavy atom. The molecule has 0 N–H and O–H groups in total. The average Bonchev–Trinajstić information content (AvgIpc) is 2.38. The lowest BCUT2D eigenvalue weighted by atomic mass is 9.69. The van der Waals surface area contributed by atoms with Gasteiger partial charge in [-0.25, -0.2) is 0 Å². The van der Waals surface area contributed by atoms with Crippen LogP contribution in [0.15, 0.2) is 0 Å². The van der Waals surface area contributed by atoms with E-state index < -0.39 is 0 Å². The van der Waals surface area contributed by atoms with E-state index >= 15 is 0 Å². The molecule has 0 bridgehead atoms. The third kappa shape index (κ3) is 5.18. The largest absolute Gasteiger partial charge is 0.382 e. The molecule has 0 unspecified atom stereocenters. The van der Waals surface area contributed by atoms with E-state index in [1.54, 1.807) is 0 Å². The van der Waals surface area contributed by atoms with Gasteiger partial charge < -0.3 is 4.74 Å². The van der Waals surface area contributed by atoms with Crippen LogP contribution in [0.3, 0.4) is 0 Å². The van der Waals surface area contributed by atoms with Gasteiger partial charge in [0.25, 0.3) is 0 Å². The van der Waals surface area contributed by atoms with Crippen molar-refractivity contribution >= 4 is 11.6 Å². The summed E-state index contributed by atoms with van der Waals surface area (Å²) in [6.45, 7) is 6.07. The number of alkyl halides is 1. The van der Waals surface area contributed by atoms with Gasteiger partial charge in [0, 0.05) is 19.1 Å². The smallest absolute Gasteiger partial charge is 0.0471 e. The van der Waals surface area contributed by atoms with Crippen LogP contribution in [0, 0.1) is 11.3 Å². The van der Waals surface area contributed by atoms with Gasteiger partial charge in [0.15, 0.2) is 0 Å². The van der Waals surface area contributed by atoms with Crippen molar-refractivity contribution in [1.82, 2.24) is 0 Å². The highest BCUT2D eigenvalue weighted by atomic mass is 35.5. The second kappa shape index (κ2) is 8.37. The third-order valence-electron chi connectivity index (χ3n) is 4.40. The van der Waals surface area contributed by atoms with Gasteiger partial charge >= 0.3 is 0 Å². The number of hydrogen-bond acceptors (Lipinski definition) is 1. The fourth-order valence-corrected chi connectivity index (χ4v) is 3.36. The molecule has 102 valence electrons. The highest BCUT2D eigenvalue weighted by molar-refractivity contribution is 6.18. The first-order valence-electron chi connectivity index (χ1n) is 7.40. The summed E-state index contributed by atoms with van der Waals surface area (Å²) in [5, 5.41) is 0. The van der Waals surface area contributed by atoms with Crippen LogP contribution in [0.1, 0.15) is 65.2 Å². The van der Waals surface area contributed by atoms with Gasteiger partial charge in [0.2, 0.25) is 0 Å². The Kier molecular flexibility index (Phi) is 7.54. The van der Waals surface area contributed by atoms with Crippen LogP contribution in [0.5, 0.6) is 0 Å². The van der Waals surface area contributed by atoms with E-state index in [4.69, 9.17) is 16.3 Å². The quantitative estimate of drug-likeness (QED) is 0.440. The van der Waals surface area contributed by atoms with Crippen molar-refractivity contribution in [2.45, 2.75) is 65.2 Å². The molecule has 0 atom stereocenters. The lowest BCUT2D eigenvalue weighted by Gasteiger charge is -2.39. The zero-order valence-corrected chi connectivity index (χ0v) is 12.4. The highest BCUT2D eigenvalue weighted by Gasteiger charge is 2.33. The minimum atomic E-state index is 0.388. The lowest BCUT2D eigenvalue weighted by Crippen LogP contribution is -2.30. The molecule has 1 fully saturated rings. The average molecular weight is 261 g/mol. The van der Waals surface area contributed by atoms with E-state index in [0.29, 0.717) is 5.41 Å². The minimum absolute atomic E-state index is 0.388. The maximum Gasteiger partial charge on any atom is 0.0471 e. The number of hydrogen-bond donors (Lipinski definition) is 0. The summed E-state index contributed by atoms with van der Waals surface area (Å²) in [5.74, 6) is 1.79. The number of halogens is 1. The molecule has 1 saturated carbocycles. The van der Waals surface area contributed by atoms with Crippen LogP contribution < -0.4 is 0 Å². The molecule has 2 heteroatoms. The zero-order chi connectivity index (χ0) is 12.6. The Morgan fingerprint density at radius 1 is 1.24 bits per heavy atom. The topological polar surface area (TPSA) is 9.23 Å². The molecule has 0 aliphatic heterocycles. The maximum atomic E-state index is 6.21. The van der Waals surface area contributed by atoms with Crippen LogP contribution in [0.4, 0.5) is 0 Å². The van der Waals surface area contributed by atoms with Crippen LogP contribution >= 0.6 is 11.6 Å². The van der Waals surface area contributed by atoms with Gasteiger partial charge in [-0.3, -0.25) is 0 Å². The maximum absolute atomic E-state index is 6.21. The Bertz CT molecular complexity index is 185. The van der Waals surface area contributed by atoms with E-state index in [9.17, 15) is 0 Å². The van der Waals surface area contributed by atoms with E-state index in [2.05, 4.69) is 13.8 Å². The molecule has 0 heterocycles. The summed E-state index contributed by atoms with van der Waals surface area (Å²) in [6, 6.07) is 0. The van der Waals surface area contributed by atoms with Crippen LogP contribution in [0.2, 0.25) is 0 Å². The molecule has 0 aromatic rings. The zero-order valence-electron chi connectivity index (χ0n) is 11.6. The Morgan fingerprint density at radius 2 is 1.94 bits per heavy atom. The van der Waals surface area contributed by atoms with Crippen molar-refractivity contribution in [3.8, 4) is 0 Å². The second-order valence-electron chi connectivity index (χ2n) is 5.67. The number of ether oxygens (including phenoxy) is 1. The molecule has 0 spiro atoms. The summed E-state index contributed by atoms with van der Waals surface area (Å²) in [5.41, 5.74) is 0.388. The molecular weight excluding hydrogens is 232 g/mol. The standard InChI is InChI=1S/C15H29ClO/c1-3-5-6-14-7-9-15(13-16,10-8-14)11-12-17-4-2/h14H,3-13H2,1-2H3. The first kappa shape index (κ1) is 15.3. The Balaban J connectivity index is 2.29. The summed E-state index contributed by atoms with van der Waals surface area (Å²) in [6.07, 6.45) is 10.7. The fraction of sp³-hybridized carbons (Fsp3) is 1.00. The molecule has 0 aromatic heterocycles. The SMILES string of the molecule is CCCCC1CCC(CCl)(CCOCC)CC1. The van der Waals surface area contributed by atoms with Gasteiger partial charge in [-0.1, -0.05) is 26.2 Å². The number of rotatable bonds is 8. The monoisotopic (exact) mass is 260 g/mol. The van der Waals surface area contributed by atoms with Crippen molar-refractivity contribution in [3.63, 3.8) is 0 Å². The number of unbranched alkanes of at least 4 members (excludes halogenated alkanes) is 1. The van der Waals surface area contributed by atoms with Crippen molar-refractivity contribution in [3.05, 3.63) is 0 Å². The minimum Gasteiger partial charge on any atom is -0.382 e. The molecule has 17 heavy (non-hydrogen) atoms. The van der Waals surface area contributed by atoms with Crippen LogP contribution in [-0.4, -0.2) is 19.1 Å². The van der Waals surface area contributed by atoms with Gasteiger partial charge in [0.1, 0.15) is 0 Å². The molecule has 0 radical (unpaired) electrons. The van der Waals surface area contributed by atoms with Crippen molar-refractivity contribution in [2.24, 2.45) is 11.3 Å². The normalized spacial score (nSPS) is 29.5. The van der Waals surface area contributed by atoms with E-state index in [0.717, 1.165) is 31.4 Å². The lowest BCUT2D eigenvalue weighted by molar-refractivity contribution is 0.0797. The van der Waals surface area contributed by atoms with E-state index in [1.807, 2.05) is 0 Å². The molecular formula is C15H29ClO. The fourth-order valence-electron chi connectivity index (χ4n) is 2.95. The predicted octanol–water partition coefficient (Wildman–Crippen LogP) is 5.02. The van der Waals surface area contributed by atoms with Crippen LogP contribution in [-0.2, 0) is 4.74 Å². The molecule has 1 rings (SSSR count). The second-order valence-corrected chi connectivity index (χ2v) is 5.93. The van der Waals surface area contributed by atoms with Gasteiger partial charge in [-0.05, 0) is 50.4 Å². The first-order valence-corrected chi connectivity index (χ1v) is 7.93. The highest BCUT2D eigenvalue weighted by Crippen LogP contribution is 2.43. The van der Waals surface area contributed by atoms with Gasteiger partial charge in [0.05, 0.1) is 0 Å². The molecule has 0 aromatic carbocycles. The van der Waals surface area contributed by atoms with E-state index in [1.165, 1.54) is 44.9 Å². The van der Waals surface area contributed by atoms with E-state index in [-0.39, 0.29) is 0 Å². The van der Waals surface area contributed by atoms with Crippen molar-refractivity contribution in [2.75, 3.05) is 19.1 Å². The molecule has 0 amide bonds. The third-order valence-corrected chi connectivity index (χ3v) is 4.96. The van der Waals surface area contributed by atoms with Crippen molar-refractivity contribution < 1.29 is 4.74 Å². The summed E-state index contributed by atoms with van der Waals surface area (Å²) >= 11 is 6.21. The molecule has 0 saturated heterocycles. The Labute approximate surface area is 112 Å². The van der Waals surface area contributed by atoms with Crippen LogP contribution in [0.25, 0.3) is 0 Å². The van der Waals surface area contributed by atoms with Gasteiger partial charge in [-0.2, -0.15) is 0 Å².